The predicted molar refractivity (Wildman–Crippen MR) is 153 cm³/mol. The number of aromatic nitrogens is 1. The topological polar surface area (TPSA) is 135 Å². The number of amides is 2. The average molecular weight is 561 g/mol. The number of nitrogens with one attached hydrogen (secondary N) is 1. The number of ether oxygens (including phenoxy) is 1. The lowest BCUT2D eigenvalue weighted by Gasteiger charge is -2.38. The highest BCUT2D eigenvalue weighted by Gasteiger charge is 2.33. The van der Waals surface area contributed by atoms with Crippen molar-refractivity contribution in [2.75, 3.05) is 13.7 Å². The van der Waals surface area contributed by atoms with Crippen LogP contribution in [0, 0.1) is 11.8 Å². The summed E-state index contributed by atoms with van der Waals surface area (Å²) in [6, 6.07) is 7.59. The largest absolute Gasteiger partial charge is 0.467 e. The van der Waals surface area contributed by atoms with Gasteiger partial charge in [0.1, 0.15) is 22.8 Å². The Labute approximate surface area is 236 Å². The molecule has 1 aromatic carbocycles. The minimum absolute atomic E-state index is 0.0466. The number of thiazole rings is 1. The molecule has 2 amide bonds. The van der Waals surface area contributed by atoms with Crippen LogP contribution < -0.4 is 11.1 Å². The summed E-state index contributed by atoms with van der Waals surface area (Å²) in [7, 11) is 1.28. The Hall–Kier alpha value is -2.82. The molecule has 1 heterocycles. The second-order valence-corrected chi connectivity index (χ2v) is 11.2. The van der Waals surface area contributed by atoms with Crippen molar-refractivity contribution in [1.29, 1.82) is 0 Å². The number of aliphatic hydroxyl groups excluding tert-OH is 1. The first-order chi connectivity index (χ1) is 18.5. The third kappa shape index (κ3) is 9.12. The molecule has 5 unspecified atom stereocenters. The van der Waals surface area contributed by atoms with Gasteiger partial charge in [-0.05, 0) is 23.8 Å². The molecule has 216 valence electrons. The summed E-state index contributed by atoms with van der Waals surface area (Å²) in [4.78, 5) is 44.8. The number of rotatable bonds is 15. The lowest BCUT2D eigenvalue weighted by molar-refractivity contribution is -0.143. The molecular formula is C29H44N4O5S. The van der Waals surface area contributed by atoms with Crippen LogP contribution in [0.15, 0.2) is 35.7 Å². The predicted octanol–water partition coefficient (Wildman–Crippen LogP) is 3.72. The highest BCUT2D eigenvalue weighted by molar-refractivity contribution is 7.09. The van der Waals surface area contributed by atoms with Crippen LogP contribution in [0.3, 0.4) is 0 Å². The first kappa shape index (κ1) is 32.4. The molecule has 0 aliphatic carbocycles. The van der Waals surface area contributed by atoms with Crippen molar-refractivity contribution in [2.45, 2.75) is 84.5 Å². The number of benzene rings is 1. The first-order valence-corrected chi connectivity index (χ1v) is 14.5. The van der Waals surface area contributed by atoms with Crippen molar-refractivity contribution < 1.29 is 24.2 Å². The number of carbonyl (C=O) groups is 3. The Kier molecular flexibility index (Phi) is 13.0. The Balaban J connectivity index is 2.16. The molecule has 1 aromatic heterocycles. The second kappa shape index (κ2) is 15.7. The minimum Gasteiger partial charge on any atom is -0.467 e. The molecule has 9 nitrogen and oxygen atoms in total. The molecule has 0 radical (unpaired) electrons. The molecule has 0 bridgehead atoms. The molecule has 0 saturated carbocycles. The zero-order valence-corrected chi connectivity index (χ0v) is 24.7. The summed E-state index contributed by atoms with van der Waals surface area (Å²) in [5.41, 5.74) is 7.28. The number of esters is 1. The van der Waals surface area contributed by atoms with Gasteiger partial charge in [-0.3, -0.25) is 9.59 Å². The van der Waals surface area contributed by atoms with Crippen molar-refractivity contribution >= 4 is 29.1 Å². The van der Waals surface area contributed by atoms with Crippen LogP contribution in [0.1, 0.15) is 81.0 Å². The van der Waals surface area contributed by atoms with Crippen molar-refractivity contribution in [3.63, 3.8) is 0 Å². The number of aliphatic hydroxyl groups is 1. The van der Waals surface area contributed by atoms with E-state index in [1.165, 1.54) is 18.4 Å². The first-order valence-electron chi connectivity index (χ1n) is 13.7. The lowest BCUT2D eigenvalue weighted by atomic mass is 9.93. The molecule has 2 aromatic rings. The van der Waals surface area contributed by atoms with Crippen molar-refractivity contribution in [1.82, 2.24) is 15.2 Å². The van der Waals surface area contributed by atoms with Crippen LogP contribution in [0.5, 0.6) is 0 Å². The monoisotopic (exact) mass is 560 g/mol. The maximum Gasteiger partial charge on any atom is 0.328 e. The molecule has 2 rings (SSSR count). The highest BCUT2D eigenvalue weighted by atomic mass is 32.1. The zero-order chi connectivity index (χ0) is 29.1. The van der Waals surface area contributed by atoms with Gasteiger partial charge in [-0.15, -0.1) is 11.3 Å². The number of nitrogens with two attached hydrogens (primary N) is 1. The molecular weight excluding hydrogens is 516 g/mol. The van der Waals surface area contributed by atoms with E-state index in [1.54, 1.807) is 10.3 Å². The van der Waals surface area contributed by atoms with E-state index in [2.05, 4.69) is 10.3 Å². The molecule has 0 fully saturated rings. The van der Waals surface area contributed by atoms with Crippen molar-refractivity contribution in [2.24, 2.45) is 17.6 Å². The summed E-state index contributed by atoms with van der Waals surface area (Å²) in [6.07, 6.45) is 1.13. The Morgan fingerprint density at radius 2 is 1.82 bits per heavy atom. The van der Waals surface area contributed by atoms with Crippen LogP contribution in [0.4, 0.5) is 0 Å². The maximum absolute atomic E-state index is 13.3. The van der Waals surface area contributed by atoms with Crippen molar-refractivity contribution in [3.05, 3.63) is 52.0 Å². The quantitative estimate of drug-likeness (QED) is 0.283. The van der Waals surface area contributed by atoms with Gasteiger partial charge >= 0.3 is 5.97 Å². The summed E-state index contributed by atoms with van der Waals surface area (Å²) in [5, 5.41) is 15.7. The Bertz CT molecular complexity index is 1060. The fourth-order valence-electron chi connectivity index (χ4n) is 4.42. The summed E-state index contributed by atoms with van der Waals surface area (Å²) < 4.78 is 4.88. The summed E-state index contributed by atoms with van der Waals surface area (Å²) in [6.45, 7) is 10.6. The van der Waals surface area contributed by atoms with Gasteiger partial charge in [0.05, 0.1) is 13.2 Å². The zero-order valence-electron chi connectivity index (χ0n) is 23.9. The average Bonchev–Trinajstić information content (AvgIpc) is 3.44. The second-order valence-electron chi connectivity index (χ2n) is 10.3. The molecule has 4 N–H and O–H groups in total. The Morgan fingerprint density at radius 3 is 2.38 bits per heavy atom. The number of hydrogen-bond acceptors (Lipinski definition) is 8. The fourth-order valence-corrected chi connectivity index (χ4v) is 5.22. The standard InChI is InChI=1S/C29H44N4O5S/c1-7-14-33(28(36)25(30)19(5)8-2)23(18(3)4)16-24(34)27-32-22(17-39-27)26(35)31-21(29(37)38-6)15-20-12-10-9-11-13-20/h9-13,17-19,21,23-25,34H,7-8,14-16,30H2,1-6H3,(H,31,35). The van der Waals surface area contributed by atoms with E-state index in [9.17, 15) is 19.5 Å². The van der Waals surface area contributed by atoms with E-state index in [0.29, 0.717) is 11.6 Å². The van der Waals surface area contributed by atoms with Crippen LogP contribution in [0.25, 0.3) is 0 Å². The molecule has 39 heavy (non-hydrogen) atoms. The van der Waals surface area contributed by atoms with Gasteiger partial charge in [-0.1, -0.05) is 71.4 Å². The highest BCUT2D eigenvalue weighted by Crippen LogP contribution is 2.28. The van der Waals surface area contributed by atoms with Crippen LogP contribution >= 0.6 is 11.3 Å². The summed E-state index contributed by atoms with van der Waals surface area (Å²) >= 11 is 1.17. The SMILES string of the molecule is CCCN(C(=O)C(N)C(C)CC)C(CC(O)c1nc(C(=O)NC(Cc2ccccc2)C(=O)OC)cs1)C(C)C. The third-order valence-electron chi connectivity index (χ3n) is 7.04. The minimum atomic E-state index is -0.975. The normalized spacial score (nSPS) is 15.2. The van der Waals surface area contributed by atoms with Gasteiger partial charge in [-0.2, -0.15) is 0 Å². The molecule has 5 atom stereocenters. The lowest BCUT2D eigenvalue weighted by Crippen LogP contribution is -2.53. The Morgan fingerprint density at radius 1 is 1.15 bits per heavy atom. The van der Waals surface area contributed by atoms with Gasteiger partial charge in [0, 0.05) is 30.8 Å². The van der Waals surface area contributed by atoms with E-state index in [0.717, 1.165) is 18.4 Å². The number of hydrogen-bond donors (Lipinski definition) is 3. The van der Waals surface area contributed by atoms with E-state index in [1.807, 2.05) is 65.0 Å². The molecule has 0 aliphatic rings. The van der Waals surface area contributed by atoms with Crippen LogP contribution in [0.2, 0.25) is 0 Å². The number of carbonyl (C=O) groups excluding carboxylic acids is 3. The van der Waals surface area contributed by atoms with Crippen LogP contribution in [-0.2, 0) is 20.7 Å². The summed E-state index contributed by atoms with van der Waals surface area (Å²) in [5.74, 6) is -1.08. The maximum atomic E-state index is 13.3. The fraction of sp³-hybridized carbons (Fsp3) is 0.586. The van der Waals surface area contributed by atoms with Gasteiger partial charge < -0.3 is 25.8 Å². The van der Waals surface area contributed by atoms with E-state index in [4.69, 9.17) is 10.5 Å². The van der Waals surface area contributed by atoms with E-state index < -0.39 is 30.1 Å². The van der Waals surface area contributed by atoms with Gasteiger partial charge in [-0.25, -0.2) is 9.78 Å². The van der Waals surface area contributed by atoms with Gasteiger partial charge in [0.25, 0.3) is 5.91 Å². The molecule has 0 aliphatic heterocycles. The number of nitrogens with zero attached hydrogens (tertiary/aromatic N) is 2. The van der Waals surface area contributed by atoms with Gasteiger partial charge in [0.15, 0.2) is 0 Å². The molecule has 10 heteroatoms. The van der Waals surface area contributed by atoms with E-state index >= 15 is 0 Å². The number of methoxy groups -OCH3 is 1. The van der Waals surface area contributed by atoms with Gasteiger partial charge in [0.2, 0.25) is 5.91 Å². The van der Waals surface area contributed by atoms with Crippen LogP contribution in [-0.4, -0.2) is 64.6 Å². The molecule has 0 spiro atoms. The molecule has 0 saturated heterocycles. The van der Waals surface area contributed by atoms with E-state index in [-0.39, 0.29) is 42.3 Å². The smallest absolute Gasteiger partial charge is 0.328 e. The third-order valence-corrected chi connectivity index (χ3v) is 7.98. The van der Waals surface area contributed by atoms with Crippen molar-refractivity contribution in [3.8, 4) is 0 Å².